The Morgan fingerprint density at radius 3 is 2.09 bits per heavy atom. The maximum absolute atomic E-state index is 3.55. The molecule has 1 fully saturated rings. The van der Waals surface area contributed by atoms with E-state index < -0.39 is 0 Å². The molecule has 0 N–H and O–H groups in total. The topological polar surface area (TPSA) is 3.24 Å². The van der Waals surface area contributed by atoms with Crippen LogP contribution in [0.3, 0.4) is 0 Å². The van der Waals surface area contributed by atoms with Crippen LogP contribution < -0.4 is 0 Å². The lowest BCUT2D eigenvalue weighted by Crippen LogP contribution is -2.32. The van der Waals surface area contributed by atoms with E-state index in [0.29, 0.717) is 0 Å². The zero-order valence-corrected chi connectivity index (χ0v) is 9.10. The van der Waals surface area contributed by atoms with Crippen LogP contribution in [-0.2, 0) is 0 Å². The van der Waals surface area contributed by atoms with Gasteiger partial charge < -0.3 is 4.90 Å². The van der Waals surface area contributed by atoms with Crippen molar-refractivity contribution in [3.05, 3.63) is 0 Å². The zero-order chi connectivity index (χ0) is 8.27. The molecule has 0 bridgehead atoms. The predicted molar refractivity (Wildman–Crippen MR) is 53.2 cm³/mol. The van der Waals surface area contributed by atoms with Crippen molar-refractivity contribution < 1.29 is 0 Å². The quantitative estimate of drug-likeness (QED) is 0.646. The lowest BCUT2D eigenvalue weighted by atomic mass is 9.87. The van der Waals surface area contributed by atoms with Crippen molar-refractivity contribution in [3.63, 3.8) is 0 Å². The van der Waals surface area contributed by atoms with Crippen molar-refractivity contribution in [1.82, 2.24) is 4.90 Å². The van der Waals surface area contributed by atoms with Crippen LogP contribution >= 0.6 is 15.9 Å². The second-order valence-corrected chi connectivity index (χ2v) is 4.44. The molecule has 1 rings (SSSR count). The van der Waals surface area contributed by atoms with Gasteiger partial charge in [-0.3, -0.25) is 0 Å². The van der Waals surface area contributed by atoms with Crippen molar-refractivity contribution >= 4 is 15.9 Å². The molecule has 0 atom stereocenters. The first kappa shape index (κ1) is 9.53. The SMILES string of the molecule is CN(C)C1CCC(CBr)CC1. The normalized spacial score (nSPS) is 32.7. The monoisotopic (exact) mass is 219 g/mol. The molecule has 0 unspecified atom stereocenters. The van der Waals surface area contributed by atoms with Crippen molar-refractivity contribution in [1.29, 1.82) is 0 Å². The van der Waals surface area contributed by atoms with Gasteiger partial charge in [-0.15, -0.1) is 0 Å². The van der Waals surface area contributed by atoms with Crippen molar-refractivity contribution in [2.45, 2.75) is 31.7 Å². The molecular weight excluding hydrogens is 202 g/mol. The van der Waals surface area contributed by atoms with Crippen LogP contribution in [0.15, 0.2) is 0 Å². The number of alkyl halides is 1. The Balaban J connectivity index is 2.24. The molecule has 0 aromatic rings. The fraction of sp³-hybridized carbons (Fsp3) is 1.00. The average molecular weight is 220 g/mol. The van der Waals surface area contributed by atoms with Gasteiger partial charge in [-0.05, 0) is 45.7 Å². The number of hydrogen-bond donors (Lipinski definition) is 0. The standard InChI is InChI=1S/C9H18BrN/c1-11(2)9-5-3-8(7-10)4-6-9/h8-9H,3-7H2,1-2H3. The highest BCUT2D eigenvalue weighted by atomic mass is 79.9. The van der Waals surface area contributed by atoms with Gasteiger partial charge in [0.05, 0.1) is 0 Å². The van der Waals surface area contributed by atoms with Crippen LogP contribution in [0.2, 0.25) is 0 Å². The van der Waals surface area contributed by atoms with E-state index in [9.17, 15) is 0 Å². The van der Waals surface area contributed by atoms with Crippen molar-refractivity contribution in [2.24, 2.45) is 5.92 Å². The average Bonchev–Trinajstić information content (AvgIpc) is 2.05. The predicted octanol–water partition coefficient (Wildman–Crippen LogP) is 2.50. The number of nitrogens with zero attached hydrogens (tertiary/aromatic N) is 1. The largest absolute Gasteiger partial charge is 0.306 e. The molecule has 2 heteroatoms. The minimum Gasteiger partial charge on any atom is -0.306 e. The number of rotatable bonds is 2. The minimum atomic E-state index is 0.852. The molecule has 1 aliphatic carbocycles. The first-order valence-electron chi connectivity index (χ1n) is 4.46. The molecule has 0 spiro atoms. The van der Waals surface area contributed by atoms with Crippen LogP contribution in [0.5, 0.6) is 0 Å². The first-order chi connectivity index (χ1) is 5.24. The summed E-state index contributed by atoms with van der Waals surface area (Å²) in [5.41, 5.74) is 0. The zero-order valence-electron chi connectivity index (χ0n) is 7.52. The molecule has 0 saturated heterocycles. The summed E-state index contributed by atoms with van der Waals surface area (Å²) in [6.07, 6.45) is 5.61. The molecule has 11 heavy (non-hydrogen) atoms. The van der Waals surface area contributed by atoms with Crippen LogP contribution in [0, 0.1) is 5.92 Å². The van der Waals surface area contributed by atoms with E-state index >= 15 is 0 Å². The van der Waals surface area contributed by atoms with Gasteiger partial charge in [0.1, 0.15) is 0 Å². The highest BCUT2D eigenvalue weighted by Crippen LogP contribution is 2.27. The van der Waals surface area contributed by atoms with Gasteiger partial charge in [-0.2, -0.15) is 0 Å². The molecule has 0 aromatic heterocycles. The molecule has 1 nitrogen and oxygen atoms in total. The smallest absolute Gasteiger partial charge is 0.00893 e. The Bertz CT molecular complexity index is 106. The molecule has 0 heterocycles. The van der Waals surface area contributed by atoms with E-state index in [1.165, 1.54) is 31.0 Å². The molecule has 66 valence electrons. The number of hydrogen-bond acceptors (Lipinski definition) is 1. The summed E-state index contributed by atoms with van der Waals surface area (Å²) in [6, 6.07) is 0.852. The lowest BCUT2D eigenvalue weighted by Gasteiger charge is -2.31. The van der Waals surface area contributed by atoms with Gasteiger partial charge in [0.2, 0.25) is 0 Å². The molecule has 0 aliphatic heterocycles. The second-order valence-electron chi connectivity index (χ2n) is 3.79. The summed E-state index contributed by atoms with van der Waals surface area (Å²) in [6.45, 7) is 0. The Morgan fingerprint density at radius 1 is 1.18 bits per heavy atom. The van der Waals surface area contributed by atoms with Crippen molar-refractivity contribution in [2.75, 3.05) is 19.4 Å². The summed E-state index contributed by atoms with van der Waals surface area (Å²) in [5.74, 6) is 0.950. The van der Waals surface area contributed by atoms with E-state index in [-0.39, 0.29) is 0 Å². The molecule has 1 saturated carbocycles. The van der Waals surface area contributed by atoms with E-state index in [1.54, 1.807) is 0 Å². The molecular formula is C9H18BrN. The Labute approximate surface area is 78.3 Å². The van der Waals surface area contributed by atoms with Crippen LogP contribution in [0.25, 0.3) is 0 Å². The fourth-order valence-electron chi connectivity index (χ4n) is 1.82. The van der Waals surface area contributed by atoms with Gasteiger partial charge in [0.15, 0.2) is 0 Å². The third-order valence-electron chi connectivity index (χ3n) is 2.76. The summed E-state index contributed by atoms with van der Waals surface area (Å²) in [7, 11) is 4.39. The van der Waals surface area contributed by atoms with Gasteiger partial charge in [-0.25, -0.2) is 0 Å². The third-order valence-corrected chi connectivity index (χ3v) is 3.68. The molecule has 0 aromatic carbocycles. The summed E-state index contributed by atoms with van der Waals surface area (Å²) in [4.78, 5) is 2.37. The summed E-state index contributed by atoms with van der Waals surface area (Å²) < 4.78 is 0. The summed E-state index contributed by atoms with van der Waals surface area (Å²) >= 11 is 3.55. The molecule has 1 aliphatic rings. The molecule has 0 amide bonds. The lowest BCUT2D eigenvalue weighted by molar-refractivity contribution is 0.202. The van der Waals surface area contributed by atoms with Crippen LogP contribution in [0.4, 0.5) is 0 Å². The fourth-order valence-corrected chi connectivity index (χ4v) is 2.46. The Morgan fingerprint density at radius 2 is 1.73 bits per heavy atom. The van der Waals surface area contributed by atoms with Gasteiger partial charge >= 0.3 is 0 Å². The maximum Gasteiger partial charge on any atom is 0.00893 e. The molecule has 0 radical (unpaired) electrons. The van der Waals surface area contributed by atoms with E-state index in [0.717, 1.165) is 12.0 Å². The third kappa shape index (κ3) is 2.75. The van der Waals surface area contributed by atoms with Gasteiger partial charge in [0.25, 0.3) is 0 Å². The highest BCUT2D eigenvalue weighted by molar-refractivity contribution is 9.09. The Kier molecular flexibility index (Phi) is 3.86. The second kappa shape index (κ2) is 4.46. The Hall–Kier alpha value is 0.440. The van der Waals surface area contributed by atoms with E-state index in [2.05, 4.69) is 34.9 Å². The summed E-state index contributed by atoms with van der Waals surface area (Å²) in [5, 5.41) is 1.20. The highest BCUT2D eigenvalue weighted by Gasteiger charge is 2.21. The van der Waals surface area contributed by atoms with Gasteiger partial charge in [0, 0.05) is 11.4 Å². The first-order valence-corrected chi connectivity index (χ1v) is 5.58. The van der Waals surface area contributed by atoms with Crippen molar-refractivity contribution in [3.8, 4) is 0 Å². The van der Waals surface area contributed by atoms with E-state index in [1.807, 2.05) is 0 Å². The maximum atomic E-state index is 3.55. The van der Waals surface area contributed by atoms with Crippen LogP contribution in [-0.4, -0.2) is 30.4 Å². The van der Waals surface area contributed by atoms with Crippen LogP contribution in [0.1, 0.15) is 25.7 Å². The minimum absolute atomic E-state index is 0.852. The number of halogens is 1. The van der Waals surface area contributed by atoms with Gasteiger partial charge in [-0.1, -0.05) is 15.9 Å². The van der Waals surface area contributed by atoms with E-state index in [4.69, 9.17) is 0 Å².